The highest BCUT2D eigenvalue weighted by molar-refractivity contribution is 5.89. The molecule has 1 aliphatic heterocycles. The summed E-state index contributed by atoms with van der Waals surface area (Å²) < 4.78 is 0. The second-order valence-electron chi connectivity index (χ2n) is 5.75. The summed E-state index contributed by atoms with van der Waals surface area (Å²) in [5, 5.41) is 12.9. The van der Waals surface area contributed by atoms with Crippen LogP contribution in [0.3, 0.4) is 0 Å². The molecular formula is C16H20N2O2. The molecule has 106 valence electrons. The molecule has 0 aromatic heterocycles. The molecule has 2 aliphatic rings. The molecule has 1 aliphatic carbocycles. The number of anilines is 1. The summed E-state index contributed by atoms with van der Waals surface area (Å²) in [7, 11) is 0. The van der Waals surface area contributed by atoms with Crippen LogP contribution in [-0.2, 0) is 0 Å². The Kier molecular flexibility index (Phi) is 3.49. The molecule has 0 radical (unpaired) electrons. The predicted octanol–water partition coefficient (Wildman–Crippen LogP) is 2.56. The van der Waals surface area contributed by atoms with Crippen LogP contribution in [0.1, 0.15) is 18.4 Å². The number of urea groups is 1. The van der Waals surface area contributed by atoms with Gasteiger partial charge < -0.3 is 15.3 Å². The van der Waals surface area contributed by atoms with Gasteiger partial charge in [-0.05, 0) is 30.5 Å². The first-order chi connectivity index (χ1) is 9.67. The van der Waals surface area contributed by atoms with Crippen molar-refractivity contribution >= 4 is 17.8 Å². The first kappa shape index (κ1) is 13.2. The van der Waals surface area contributed by atoms with E-state index in [-0.39, 0.29) is 24.0 Å². The van der Waals surface area contributed by atoms with Gasteiger partial charge in [-0.1, -0.05) is 24.8 Å². The molecule has 1 unspecified atom stereocenters. The molecule has 0 spiro atoms. The Hall–Kier alpha value is -1.81. The number of rotatable bonds is 2. The maximum Gasteiger partial charge on any atom is 0.321 e. The summed E-state index contributed by atoms with van der Waals surface area (Å²) in [6, 6.07) is 7.53. The summed E-state index contributed by atoms with van der Waals surface area (Å²) in [4.78, 5) is 14.1. The van der Waals surface area contributed by atoms with E-state index in [0.29, 0.717) is 13.1 Å². The molecule has 3 rings (SSSR count). The quantitative estimate of drug-likeness (QED) is 0.869. The number of carbonyl (C=O) groups excluding carboxylic acids is 1. The molecule has 2 bridgehead atoms. The summed E-state index contributed by atoms with van der Waals surface area (Å²) in [6.45, 7) is 5.03. The Morgan fingerprint density at radius 3 is 2.40 bits per heavy atom. The highest BCUT2D eigenvalue weighted by Crippen LogP contribution is 2.36. The number of benzene rings is 1. The van der Waals surface area contributed by atoms with Crippen molar-refractivity contribution in [3.8, 4) is 0 Å². The van der Waals surface area contributed by atoms with E-state index >= 15 is 0 Å². The van der Waals surface area contributed by atoms with E-state index in [1.54, 1.807) is 6.08 Å². The van der Waals surface area contributed by atoms with Crippen LogP contribution in [0.2, 0.25) is 0 Å². The number of aliphatic hydroxyl groups is 1. The van der Waals surface area contributed by atoms with Crippen LogP contribution in [0.5, 0.6) is 0 Å². The molecule has 2 N–H and O–H groups in total. The Morgan fingerprint density at radius 2 is 1.85 bits per heavy atom. The third kappa shape index (κ3) is 2.43. The minimum atomic E-state index is -0.217. The minimum absolute atomic E-state index is 0.0693. The maximum atomic E-state index is 12.3. The predicted molar refractivity (Wildman–Crippen MR) is 79.3 cm³/mol. The number of amides is 2. The van der Waals surface area contributed by atoms with Gasteiger partial charge in [-0.2, -0.15) is 0 Å². The van der Waals surface area contributed by atoms with Gasteiger partial charge >= 0.3 is 6.03 Å². The molecule has 2 amide bonds. The molecule has 3 atom stereocenters. The zero-order valence-electron chi connectivity index (χ0n) is 11.5. The second-order valence-corrected chi connectivity index (χ2v) is 5.75. The lowest BCUT2D eigenvalue weighted by molar-refractivity contribution is 0.0326. The zero-order valence-corrected chi connectivity index (χ0v) is 11.5. The monoisotopic (exact) mass is 272 g/mol. The van der Waals surface area contributed by atoms with Crippen molar-refractivity contribution in [3.63, 3.8) is 0 Å². The van der Waals surface area contributed by atoms with E-state index in [4.69, 9.17) is 0 Å². The van der Waals surface area contributed by atoms with Gasteiger partial charge in [0.2, 0.25) is 0 Å². The van der Waals surface area contributed by atoms with Gasteiger partial charge in [0, 0.05) is 30.6 Å². The fourth-order valence-electron chi connectivity index (χ4n) is 3.26. The Labute approximate surface area is 119 Å². The highest BCUT2D eigenvalue weighted by Gasteiger charge is 2.42. The molecule has 4 heteroatoms. The Bertz CT molecular complexity index is 498. The fraction of sp³-hybridized carbons (Fsp3) is 0.438. The van der Waals surface area contributed by atoms with E-state index in [1.807, 2.05) is 29.2 Å². The number of carbonyl (C=O) groups is 1. The standard InChI is InChI=1S/C16H20N2O2/c1-2-11-3-7-14(8-4-11)17-16(20)18-9-12-5-6-13(10-18)15(12)19/h2-4,7-8,12-13,15,19H,1,5-6,9-10H2,(H,17,20)/t12-,13+,15?. The number of fused-ring (bicyclic) bond motifs is 2. The van der Waals surface area contributed by atoms with E-state index in [9.17, 15) is 9.90 Å². The number of piperidine rings is 1. The number of hydrogen-bond acceptors (Lipinski definition) is 2. The van der Waals surface area contributed by atoms with Crippen molar-refractivity contribution in [1.82, 2.24) is 4.90 Å². The van der Waals surface area contributed by atoms with E-state index < -0.39 is 0 Å². The number of hydrogen-bond donors (Lipinski definition) is 2. The van der Waals surface area contributed by atoms with Crippen LogP contribution in [0.4, 0.5) is 10.5 Å². The van der Waals surface area contributed by atoms with Gasteiger partial charge in [0.1, 0.15) is 0 Å². The number of nitrogens with one attached hydrogen (secondary N) is 1. The average molecular weight is 272 g/mol. The van der Waals surface area contributed by atoms with Crippen molar-refractivity contribution in [2.75, 3.05) is 18.4 Å². The van der Waals surface area contributed by atoms with Crippen molar-refractivity contribution in [2.45, 2.75) is 18.9 Å². The number of likely N-dealkylation sites (tertiary alicyclic amines) is 1. The average Bonchev–Trinajstić information content (AvgIpc) is 2.68. The summed E-state index contributed by atoms with van der Waals surface area (Å²) in [5.74, 6) is 0.505. The molecule has 20 heavy (non-hydrogen) atoms. The topological polar surface area (TPSA) is 52.6 Å². The molecular weight excluding hydrogens is 252 g/mol. The molecule has 1 saturated carbocycles. The van der Waals surface area contributed by atoms with Crippen LogP contribution in [-0.4, -0.2) is 35.2 Å². The van der Waals surface area contributed by atoms with Crippen LogP contribution in [0.15, 0.2) is 30.8 Å². The number of aliphatic hydroxyl groups excluding tert-OH is 1. The summed E-state index contributed by atoms with van der Waals surface area (Å²) in [6.07, 6.45) is 3.62. The lowest BCUT2D eigenvalue weighted by Crippen LogP contribution is -2.48. The third-order valence-electron chi connectivity index (χ3n) is 4.47. The summed E-state index contributed by atoms with van der Waals surface area (Å²) >= 11 is 0. The van der Waals surface area contributed by atoms with Crippen molar-refractivity contribution in [3.05, 3.63) is 36.4 Å². The van der Waals surface area contributed by atoms with E-state index in [2.05, 4.69) is 11.9 Å². The second kappa shape index (κ2) is 5.29. The van der Waals surface area contributed by atoms with Gasteiger partial charge in [-0.15, -0.1) is 0 Å². The van der Waals surface area contributed by atoms with Gasteiger partial charge in [-0.3, -0.25) is 0 Å². The van der Waals surface area contributed by atoms with Gasteiger partial charge in [0.25, 0.3) is 0 Å². The van der Waals surface area contributed by atoms with Crippen molar-refractivity contribution in [2.24, 2.45) is 11.8 Å². The largest absolute Gasteiger partial charge is 0.392 e. The Balaban J connectivity index is 1.63. The van der Waals surface area contributed by atoms with Crippen LogP contribution < -0.4 is 5.32 Å². The molecule has 1 heterocycles. The molecule has 4 nitrogen and oxygen atoms in total. The minimum Gasteiger partial charge on any atom is -0.392 e. The van der Waals surface area contributed by atoms with Gasteiger partial charge in [0.05, 0.1) is 6.10 Å². The maximum absolute atomic E-state index is 12.3. The molecule has 1 aromatic carbocycles. The Morgan fingerprint density at radius 1 is 1.25 bits per heavy atom. The number of nitrogens with zero attached hydrogens (tertiary/aromatic N) is 1. The van der Waals surface area contributed by atoms with Crippen molar-refractivity contribution in [1.29, 1.82) is 0 Å². The van der Waals surface area contributed by atoms with Crippen molar-refractivity contribution < 1.29 is 9.90 Å². The highest BCUT2D eigenvalue weighted by atomic mass is 16.3. The van der Waals surface area contributed by atoms with Gasteiger partial charge in [-0.25, -0.2) is 4.79 Å². The molecule has 2 fully saturated rings. The normalized spacial score (nSPS) is 28.2. The van der Waals surface area contributed by atoms with E-state index in [0.717, 1.165) is 24.1 Å². The molecule has 1 aromatic rings. The fourth-order valence-corrected chi connectivity index (χ4v) is 3.26. The third-order valence-corrected chi connectivity index (χ3v) is 4.47. The zero-order chi connectivity index (χ0) is 14.1. The van der Waals surface area contributed by atoms with Crippen LogP contribution in [0.25, 0.3) is 6.08 Å². The van der Waals surface area contributed by atoms with Gasteiger partial charge in [0.15, 0.2) is 0 Å². The smallest absolute Gasteiger partial charge is 0.321 e. The van der Waals surface area contributed by atoms with Crippen LogP contribution >= 0.6 is 0 Å². The first-order valence-corrected chi connectivity index (χ1v) is 7.14. The van der Waals surface area contributed by atoms with Crippen LogP contribution in [0, 0.1) is 11.8 Å². The SMILES string of the molecule is C=Cc1ccc(NC(=O)N2C[C@H]3CC[C@@H](C2)C3O)cc1. The van der Waals surface area contributed by atoms with E-state index in [1.165, 1.54) is 0 Å². The summed E-state index contributed by atoms with van der Waals surface area (Å²) in [5.41, 5.74) is 1.82. The lowest BCUT2D eigenvalue weighted by Gasteiger charge is -2.35. The lowest BCUT2D eigenvalue weighted by atomic mass is 9.95. The first-order valence-electron chi connectivity index (χ1n) is 7.14. The molecule has 1 saturated heterocycles.